The van der Waals surface area contributed by atoms with E-state index >= 15 is 0 Å². The molecule has 2 rings (SSSR count). The van der Waals surface area contributed by atoms with E-state index < -0.39 is 0 Å². The summed E-state index contributed by atoms with van der Waals surface area (Å²) in [4.78, 5) is 13.7. The molecular weight excluding hydrogens is 204 g/mol. The first kappa shape index (κ1) is 11.9. The summed E-state index contributed by atoms with van der Waals surface area (Å²) in [5.41, 5.74) is -0.0503. The van der Waals surface area contributed by atoms with Crippen molar-refractivity contribution >= 4 is 5.91 Å². The molecule has 2 heterocycles. The zero-order chi connectivity index (χ0) is 11.4. The predicted octanol–water partition coefficient (Wildman–Crippen LogP) is 0.767. The van der Waals surface area contributed by atoms with E-state index in [0.717, 1.165) is 51.9 Å². The molecule has 0 bridgehead atoms. The van der Waals surface area contributed by atoms with E-state index in [1.54, 1.807) is 0 Å². The molecule has 16 heavy (non-hydrogen) atoms. The lowest BCUT2D eigenvalue weighted by atomic mass is 10.0. The number of carbonyl (C=O) groups is 1. The second kappa shape index (κ2) is 5.15. The van der Waals surface area contributed by atoms with Crippen molar-refractivity contribution in [2.45, 2.75) is 38.2 Å². The zero-order valence-corrected chi connectivity index (χ0v) is 10.1. The maximum atomic E-state index is 11.7. The molecule has 0 aromatic carbocycles. The fourth-order valence-corrected chi connectivity index (χ4v) is 2.49. The van der Waals surface area contributed by atoms with Crippen molar-refractivity contribution in [2.75, 3.05) is 32.8 Å². The molecule has 0 aromatic heterocycles. The number of nitrogens with one attached hydrogen (secondary N) is 1. The smallest absolute Gasteiger partial charge is 0.236 e. The lowest BCUT2D eigenvalue weighted by Gasteiger charge is -2.24. The normalized spacial score (nSPS) is 29.9. The van der Waals surface area contributed by atoms with E-state index in [1.807, 2.05) is 4.90 Å². The van der Waals surface area contributed by atoms with Gasteiger partial charge in [0.2, 0.25) is 5.91 Å². The minimum Gasteiger partial charge on any atom is -0.374 e. The van der Waals surface area contributed by atoms with Gasteiger partial charge in [-0.05, 0) is 32.6 Å². The lowest BCUT2D eigenvalue weighted by molar-refractivity contribution is -0.129. The summed E-state index contributed by atoms with van der Waals surface area (Å²) in [5.74, 6) is 0.235. The van der Waals surface area contributed by atoms with Gasteiger partial charge >= 0.3 is 0 Å². The second-order valence-corrected chi connectivity index (χ2v) is 5.09. The predicted molar refractivity (Wildman–Crippen MR) is 62.3 cm³/mol. The summed E-state index contributed by atoms with van der Waals surface area (Å²) in [6.07, 6.45) is 4.55. The fraction of sp³-hybridized carbons (Fsp3) is 0.917. The maximum Gasteiger partial charge on any atom is 0.236 e. The summed E-state index contributed by atoms with van der Waals surface area (Å²) in [7, 11) is 0. The summed E-state index contributed by atoms with van der Waals surface area (Å²) in [6.45, 7) is 6.10. The van der Waals surface area contributed by atoms with Crippen LogP contribution in [-0.2, 0) is 9.53 Å². The van der Waals surface area contributed by atoms with Crippen LogP contribution in [0.25, 0.3) is 0 Å². The van der Waals surface area contributed by atoms with Crippen LogP contribution in [-0.4, -0.2) is 49.2 Å². The first-order valence-corrected chi connectivity index (χ1v) is 6.32. The van der Waals surface area contributed by atoms with Gasteiger partial charge in [-0.1, -0.05) is 0 Å². The van der Waals surface area contributed by atoms with Crippen LogP contribution in [0.2, 0.25) is 0 Å². The largest absolute Gasteiger partial charge is 0.374 e. The van der Waals surface area contributed by atoms with Crippen molar-refractivity contribution < 1.29 is 9.53 Å². The molecule has 2 aliphatic heterocycles. The van der Waals surface area contributed by atoms with Crippen LogP contribution in [0.15, 0.2) is 0 Å². The number of hydrogen-bond donors (Lipinski definition) is 1. The van der Waals surface area contributed by atoms with Crippen molar-refractivity contribution in [3.05, 3.63) is 0 Å². The number of nitrogens with zero attached hydrogens (tertiary/aromatic N) is 1. The summed E-state index contributed by atoms with van der Waals surface area (Å²) < 4.78 is 5.66. The van der Waals surface area contributed by atoms with Crippen LogP contribution in [0.1, 0.15) is 32.6 Å². The molecule has 1 unspecified atom stereocenters. The minimum absolute atomic E-state index is 0.0503. The molecule has 1 amide bonds. The number of hydrogen-bond acceptors (Lipinski definition) is 3. The van der Waals surface area contributed by atoms with Gasteiger partial charge in [0, 0.05) is 26.2 Å². The average molecular weight is 226 g/mol. The van der Waals surface area contributed by atoms with Crippen LogP contribution in [0.3, 0.4) is 0 Å². The molecule has 92 valence electrons. The molecule has 2 aliphatic rings. The van der Waals surface area contributed by atoms with Crippen LogP contribution in [0, 0.1) is 0 Å². The van der Waals surface area contributed by atoms with Gasteiger partial charge in [-0.15, -0.1) is 0 Å². The molecule has 0 radical (unpaired) electrons. The number of ether oxygens (including phenoxy) is 1. The van der Waals surface area contributed by atoms with Gasteiger partial charge in [0.15, 0.2) is 0 Å². The molecule has 1 N–H and O–H groups in total. The highest BCUT2D eigenvalue weighted by atomic mass is 16.5. The Labute approximate surface area is 97.3 Å². The van der Waals surface area contributed by atoms with E-state index in [9.17, 15) is 4.79 Å². The highest BCUT2D eigenvalue weighted by molar-refractivity contribution is 5.78. The molecule has 4 nitrogen and oxygen atoms in total. The fourth-order valence-electron chi connectivity index (χ4n) is 2.49. The number of rotatable bonds is 4. The Kier molecular flexibility index (Phi) is 3.82. The first-order chi connectivity index (χ1) is 7.70. The van der Waals surface area contributed by atoms with E-state index in [4.69, 9.17) is 4.74 Å². The van der Waals surface area contributed by atoms with Crippen molar-refractivity contribution in [3.63, 3.8) is 0 Å². The van der Waals surface area contributed by atoms with Crippen molar-refractivity contribution in [1.29, 1.82) is 0 Å². The summed E-state index contributed by atoms with van der Waals surface area (Å²) >= 11 is 0. The van der Waals surface area contributed by atoms with Gasteiger partial charge in [-0.25, -0.2) is 0 Å². The highest BCUT2D eigenvalue weighted by Gasteiger charge is 2.29. The molecule has 2 saturated heterocycles. The van der Waals surface area contributed by atoms with E-state index in [-0.39, 0.29) is 11.5 Å². The number of carbonyl (C=O) groups excluding carboxylic acids is 1. The minimum atomic E-state index is -0.0503. The third kappa shape index (κ3) is 2.95. The van der Waals surface area contributed by atoms with Crippen LogP contribution in [0.5, 0.6) is 0 Å². The van der Waals surface area contributed by atoms with Crippen molar-refractivity contribution in [3.8, 4) is 0 Å². The SMILES string of the molecule is CC1(CNCC(=O)N2CCCC2)CCCO1. The van der Waals surface area contributed by atoms with Gasteiger partial charge in [-0.2, -0.15) is 0 Å². The Bertz CT molecular complexity index is 243. The van der Waals surface area contributed by atoms with E-state index in [0.29, 0.717) is 6.54 Å². The average Bonchev–Trinajstić information content (AvgIpc) is 2.88. The second-order valence-electron chi connectivity index (χ2n) is 5.09. The van der Waals surface area contributed by atoms with E-state index in [1.165, 1.54) is 0 Å². The molecular formula is C12H22N2O2. The maximum absolute atomic E-state index is 11.7. The molecule has 0 aromatic rings. The Morgan fingerprint density at radius 3 is 2.75 bits per heavy atom. The Morgan fingerprint density at radius 1 is 1.38 bits per heavy atom. The van der Waals surface area contributed by atoms with Gasteiger partial charge in [-0.3, -0.25) is 4.79 Å². The molecule has 2 fully saturated rings. The van der Waals surface area contributed by atoms with Gasteiger partial charge in [0.05, 0.1) is 12.1 Å². The first-order valence-electron chi connectivity index (χ1n) is 6.32. The molecule has 0 saturated carbocycles. The van der Waals surface area contributed by atoms with Gasteiger partial charge < -0.3 is 15.0 Å². The third-order valence-corrected chi connectivity index (χ3v) is 3.53. The van der Waals surface area contributed by atoms with Gasteiger partial charge in [0.1, 0.15) is 0 Å². The highest BCUT2D eigenvalue weighted by Crippen LogP contribution is 2.23. The molecule has 1 atom stereocenters. The third-order valence-electron chi connectivity index (χ3n) is 3.53. The van der Waals surface area contributed by atoms with Crippen molar-refractivity contribution in [2.24, 2.45) is 0 Å². The van der Waals surface area contributed by atoms with Gasteiger partial charge in [0.25, 0.3) is 0 Å². The van der Waals surface area contributed by atoms with Crippen molar-refractivity contribution in [1.82, 2.24) is 10.2 Å². The summed E-state index contributed by atoms with van der Waals surface area (Å²) in [5, 5.41) is 3.23. The Hall–Kier alpha value is -0.610. The summed E-state index contributed by atoms with van der Waals surface area (Å²) in [6, 6.07) is 0. The number of amides is 1. The molecule has 0 spiro atoms. The van der Waals surface area contributed by atoms with E-state index in [2.05, 4.69) is 12.2 Å². The Morgan fingerprint density at radius 2 is 2.12 bits per heavy atom. The Balaban J connectivity index is 1.65. The molecule has 0 aliphatic carbocycles. The quantitative estimate of drug-likeness (QED) is 0.770. The topological polar surface area (TPSA) is 41.6 Å². The lowest BCUT2D eigenvalue weighted by Crippen LogP contribution is -2.42. The van der Waals surface area contributed by atoms with Crippen LogP contribution in [0.4, 0.5) is 0 Å². The van der Waals surface area contributed by atoms with Crippen LogP contribution < -0.4 is 5.32 Å². The molecule has 4 heteroatoms. The zero-order valence-electron chi connectivity index (χ0n) is 10.1. The number of likely N-dealkylation sites (tertiary alicyclic amines) is 1. The standard InChI is InChI=1S/C12H22N2O2/c1-12(5-4-8-16-12)10-13-9-11(15)14-6-2-3-7-14/h13H,2-10H2,1H3. The monoisotopic (exact) mass is 226 g/mol. The van der Waals surface area contributed by atoms with Crippen LogP contribution >= 0.6 is 0 Å².